The molecule has 0 bridgehead atoms. The number of hydrogen-bond acceptors (Lipinski definition) is 4. The largest absolute Gasteiger partial charge is 0.384 e. The van der Waals surface area contributed by atoms with E-state index in [0.29, 0.717) is 5.02 Å². The number of rotatable bonds is 8. The predicted octanol–water partition coefficient (Wildman–Crippen LogP) is 6.21. The quantitative estimate of drug-likeness (QED) is 0.341. The van der Waals surface area contributed by atoms with Gasteiger partial charge in [-0.3, -0.25) is 4.98 Å². The Balaban J connectivity index is 1.22. The number of benzene rings is 2. The summed E-state index contributed by atoms with van der Waals surface area (Å²) in [5, 5.41) is 8.87. The molecule has 142 valence electrons. The first-order chi connectivity index (χ1) is 13.8. The van der Waals surface area contributed by atoms with E-state index < -0.39 is 0 Å². The second kappa shape index (κ2) is 9.20. The van der Waals surface area contributed by atoms with Gasteiger partial charge in [0.2, 0.25) is 0 Å². The van der Waals surface area contributed by atoms with Crippen molar-refractivity contribution in [3.63, 3.8) is 0 Å². The van der Waals surface area contributed by atoms with E-state index in [1.54, 1.807) is 0 Å². The van der Waals surface area contributed by atoms with E-state index in [1.807, 2.05) is 41.8 Å². The Morgan fingerprint density at radius 2 is 1.82 bits per heavy atom. The fourth-order valence-electron chi connectivity index (χ4n) is 3.15. The van der Waals surface area contributed by atoms with Gasteiger partial charge in [-0.1, -0.05) is 41.9 Å². The first kappa shape index (κ1) is 18.9. The first-order valence-corrected chi connectivity index (χ1v) is 10.6. The minimum Gasteiger partial charge on any atom is -0.384 e. The minimum absolute atomic E-state index is 0.713. The second-order valence-corrected chi connectivity index (χ2v) is 8.21. The number of anilines is 1. The Morgan fingerprint density at radius 3 is 2.71 bits per heavy atom. The molecule has 0 radical (unpaired) electrons. The molecule has 0 unspecified atom stereocenters. The van der Waals surface area contributed by atoms with Gasteiger partial charge in [-0.25, -0.2) is 0 Å². The summed E-state index contributed by atoms with van der Waals surface area (Å²) < 4.78 is 0. The van der Waals surface area contributed by atoms with Gasteiger partial charge in [-0.15, -0.1) is 11.3 Å². The van der Waals surface area contributed by atoms with Crippen molar-refractivity contribution in [2.75, 3.05) is 18.4 Å². The maximum Gasteiger partial charge on any atom is 0.0737 e. The molecular formula is C23H22ClN3S. The lowest BCUT2D eigenvalue weighted by Gasteiger charge is -2.10. The predicted molar refractivity (Wildman–Crippen MR) is 121 cm³/mol. The molecule has 0 aliphatic carbocycles. The smallest absolute Gasteiger partial charge is 0.0737 e. The van der Waals surface area contributed by atoms with E-state index in [-0.39, 0.29) is 0 Å². The number of thiophene rings is 1. The van der Waals surface area contributed by atoms with Crippen molar-refractivity contribution in [3.8, 4) is 10.4 Å². The fourth-order valence-corrected chi connectivity index (χ4v) is 4.30. The average Bonchev–Trinajstić information content (AvgIpc) is 3.20. The van der Waals surface area contributed by atoms with Gasteiger partial charge in [0.05, 0.1) is 5.52 Å². The number of nitrogens with one attached hydrogen (secondary N) is 2. The van der Waals surface area contributed by atoms with E-state index in [2.05, 4.69) is 58.1 Å². The number of halogens is 1. The topological polar surface area (TPSA) is 37.0 Å². The van der Waals surface area contributed by atoms with Crippen molar-refractivity contribution >= 4 is 39.5 Å². The lowest BCUT2D eigenvalue weighted by atomic mass is 10.2. The summed E-state index contributed by atoms with van der Waals surface area (Å²) in [6, 6.07) is 22.8. The Bertz CT molecular complexity index is 1050. The highest BCUT2D eigenvalue weighted by Crippen LogP contribution is 2.27. The van der Waals surface area contributed by atoms with E-state index in [4.69, 9.17) is 11.6 Å². The Morgan fingerprint density at radius 1 is 0.929 bits per heavy atom. The molecule has 2 heterocycles. The van der Waals surface area contributed by atoms with Crippen LogP contribution in [-0.2, 0) is 6.54 Å². The summed E-state index contributed by atoms with van der Waals surface area (Å²) in [7, 11) is 0. The molecule has 28 heavy (non-hydrogen) atoms. The van der Waals surface area contributed by atoms with Gasteiger partial charge in [0, 0.05) is 45.1 Å². The highest BCUT2D eigenvalue weighted by molar-refractivity contribution is 7.15. The number of hydrogen-bond donors (Lipinski definition) is 2. The molecular weight excluding hydrogens is 386 g/mol. The molecule has 0 saturated heterocycles. The molecule has 5 heteroatoms. The van der Waals surface area contributed by atoms with Crippen LogP contribution >= 0.6 is 22.9 Å². The average molecular weight is 408 g/mol. The Labute approximate surface area is 174 Å². The Hall–Kier alpha value is -2.40. The standard InChI is InChI=1S/C23H22ClN3S/c24-18-7-9-20-21(11-14-27-22(20)15-18)26-13-4-12-25-16-19-8-10-23(28-19)17-5-2-1-3-6-17/h1-3,5-11,14-15,25H,4,12-13,16H2,(H,26,27). The zero-order valence-electron chi connectivity index (χ0n) is 15.5. The van der Waals surface area contributed by atoms with Crippen molar-refractivity contribution in [2.45, 2.75) is 13.0 Å². The summed E-state index contributed by atoms with van der Waals surface area (Å²) in [6.07, 6.45) is 2.87. The molecule has 0 fully saturated rings. The van der Waals surface area contributed by atoms with Crippen LogP contribution in [0.15, 0.2) is 72.9 Å². The molecule has 0 saturated carbocycles. The fraction of sp³-hybridized carbons (Fsp3) is 0.174. The third-order valence-electron chi connectivity index (χ3n) is 4.57. The van der Waals surface area contributed by atoms with Gasteiger partial charge in [-0.05, 0) is 54.9 Å². The highest BCUT2D eigenvalue weighted by atomic mass is 35.5. The van der Waals surface area contributed by atoms with E-state index in [1.165, 1.54) is 15.3 Å². The van der Waals surface area contributed by atoms with E-state index in [0.717, 1.165) is 42.6 Å². The third-order valence-corrected chi connectivity index (χ3v) is 5.94. The molecule has 2 aromatic carbocycles. The van der Waals surface area contributed by atoms with Crippen LogP contribution in [0.4, 0.5) is 5.69 Å². The molecule has 0 spiro atoms. The van der Waals surface area contributed by atoms with E-state index >= 15 is 0 Å². The van der Waals surface area contributed by atoms with Gasteiger partial charge in [0.15, 0.2) is 0 Å². The van der Waals surface area contributed by atoms with Crippen LogP contribution in [0, 0.1) is 0 Å². The van der Waals surface area contributed by atoms with Crippen LogP contribution in [0.2, 0.25) is 5.02 Å². The second-order valence-electron chi connectivity index (χ2n) is 6.61. The number of fused-ring (bicyclic) bond motifs is 1. The van der Waals surface area contributed by atoms with Crippen LogP contribution < -0.4 is 10.6 Å². The molecule has 2 aromatic heterocycles. The van der Waals surface area contributed by atoms with Gasteiger partial charge in [0.1, 0.15) is 0 Å². The summed E-state index contributed by atoms with van der Waals surface area (Å²) in [5.74, 6) is 0. The number of nitrogens with zero attached hydrogens (tertiary/aromatic N) is 1. The normalized spacial score (nSPS) is 11.0. The number of aromatic nitrogens is 1. The summed E-state index contributed by atoms with van der Waals surface area (Å²) >= 11 is 7.90. The van der Waals surface area contributed by atoms with E-state index in [9.17, 15) is 0 Å². The van der Waals surface area contributed by atoms with Crippen molar-refractivity contribution in [1.29, 1.82) is 0 Å². The van der Waals surface area contributed by atoms with Crippen LogP contribution in [0.5, 0.6) is 0 Å². The number of pyridine rings is 1. The Kier molecular flexibility index (Phi) is 6.22. The minimum atomic E-state index is 0.713. The first-order valence-electron chi connectivity index (χ1n) is 9.42. The summed E-state index contributed by atoms with van der Waals surface area (Å²) in [4.78, 5) is 7.07. The molecule has 0 aliphatic heterocycles. The molecule has 4 aromatic rings. The zero-order valence-corrected chi connectivity index (χ0v) is 17.1. The highest BCUT2D eigenvalue weighted by Gasteiger charge is 2.03. The lowest BCUT2D eigenvalue weighted by molar-refractivity contribution is 0.669. The summed E-state index contributed by atoms with van der Waals surface area (Å²) in [5.41, 5.74) is 3.31. The van der Waals surface area contributed by atoms with Crippen molar-refractivity contribution in [2.24, 2.45) is 0 Å². The van der Waals surface area contributed by atoms with Crippen molar-refractivity contribution in [3.05, 3.63) is 82.8 Å². The van der Waals surface area contributed by atoms with Gasteiger partial charge >= 0.3 is 0 Å². The van der Waals surface area contributed by atoms with Gasteiger partial charge in [-0.2, -0.15) is 0 Å². The molecule has 2 N–H and O–H groups in total. The third kappa shape index (κ3) is 4.71. The maximum atomic E-state index is 6.05. The van der Waals surface area contributed by atoms with Crippen LogP contribution in [0.25, 0.3) is 21.3 Å². The molecule has 0 amide bonds. The van der Waals surface area contributed by atoms with Gasteiger partial charge < -0.3 is 10.6 Å². The maximum absolute atomic E-state index is 6.05. The molecule has 0 atom stereocenters. The lowest BCUT2D eigenvalue weighted by Crippen LogP contribution is -2.17. The monoisotopic (exact) mass is 407 g/mol. The summed E-state index contributed by atoms with van der Waals surface area (Å²) in [6.45, 7) is 2.79. The van der Waals surface area contributed by atoms with Crippen LogP contribution in [0.1, 0.15) is 11.3 Å². The SMILES string of the molecule is Clc1ccc2c(NCCCNCc3ccc(-c4ccccc4)s3)ccnc2c1. The van der Waals surface area contributed by atoms with Crippen LogP contribution in [-0.4, -0.2) is 18.1 Å². The van der Waals surface area contributed by atoms with Crippen molar-refractivity contribution in [1.82, 2.24) is 10.3 Å². The zero-order chi connectivity index (χ0) is 19.2. The van der Waals surface area contributed by atoms with Crippen LogP contribution in [0.3, 0.4) is 0 Å². The van der Waals surface area contributed by atoms with Crippen molar-refractivity contribution < 1.29 is 0 Å². The van der Waals surface area contributed by atoms with Gasteiger partial charge in [0.25, 0.3) is 0 Å². The molecule has 3 nitrogen and oxygen atoms in total. The molecule has 0 aliphatic rings. The molecule has 4 rings (SSSR count).